The predicted molar refractivity (Wildman–Crippen MR) is 132 cm³/mol. The van der Waals surface area contributed by atoms with Crippen LogP contribution >= 0.6 is 0 Å². The first-order chi connectivity index (χ1) is 16.0. The molecular weight excluding hydrogens is 416 g/mol. The first-order valence-electron chi connectivity index (χ1n) is 10.2. The molecule has 0 saturated heterocycles. The lowest BCUT2D eigenvalue weighted by Crippen LogP contribution is -2.19. The average Bonchev–Trinajstić information content (AvgIpc) is 2.80. The monoisotopic (exact) mass is 440 g/mol. The van der Waals surface area contributed by atoms with E-state index >= 15 is 0 Å². The van der Waals surface area contributed by atoms with Gasteiger partial charge in [0.25, 0.3) is 0 Å². The number of phenols is 3. The standard InChI is InChI=1S/C14H12O3.C13H12N2O/c15-12-5-3-10(4-6-12)1-2-11-7-13(16)9-14(17)8-11;16-13(14-11-7-3-1-4-8-11)15-12-9-5-2-6-10-12/h1-9,15-17H;1-10H,(H2,14,15,16). The Morgan fingerprint density at radius 3 is 1.48 bits per heavy atom. The Balaban J connectivity index is 0.000000186. The van der Waals surface area contributed by atoms with Crippen LogP contribution in [0.2, 0.25) is 0 Å². The largest absolute Gasteiger partial charge is 0.508 e. The molecule has 33 heavy (non-hydrogen) atoms. The smallest absolute Gasteiger partial charge is 0.323 e. The molecular formula is C27H24N2O4. The molecule has 0 atom stereocenters. The van der Waals surface area contributed by atoms with Gasteiger partial charge in [-0.3, -0.25) is 0 Å². The van der Waals surface area contributed by atoms with Gasteiger partial charge in [0.2, 0.25) is 0 Å². The van der Waals surface area contributed by atoms with Crippen molar-refractivity contribution in [2.75, 3.05) is 10.6 Å². The van der Waals surface area contributed by atoms with E-state index in [9.17, 15) is 15.0 Å². The number of benzene rings is 4. The maximum absolute atomic E-state index is 11.6. The number of amides is 2. The molecule has 6 nitrogen and oxygen atoms in total. The molecule has 0 fully saturated rings. The van der Waals surface area contributed by atoms with Crippen LogP contribution in [0.4, 0.5) is 16.2 Å². The summed E-state index contributed by atoms with van der Waals surface area (Å²) < 4.78 is 0. The van der Waals surface area contributed by atoms with Crippen LogP contribution in [0.3, 0.4) is 0 Å². The van der Waals surface area contributed by atoms with Crippen LogP contribution in [0.1, 0.15) is 11.1 Å². The lowest BCUT2D eigenvalue weighted by molar-refractivity contribution is 0.262. The Morgan fingerprint density at radius 1 is 0.545 bits per heavy atom. The van der Waals surface area contributed by atoms with E-state index in [0.29, 0.717) is 5.56 Å². The van der Waals surface area contributed by atoms with Gasteiger partial charge in [-0.2, -0.15) is 0 Å². The van der Waals surface area contributed by atoms with Crippen molar-refractivity contribution in [2.45, 2.75) is 0 Å². The van der Waals surface area contributed by atoms with E-state index in [4.69, 9.17) is 5.11 Å². The zero-order chi connectivity index (χ0) is 23.5. The molecule has 0 aromatic heterocycles. The summed E-state index contributed by atoms with van der Waals surface area (Å²) in [6.07, 6.45) is 3.60. The van der Waals surface area contributed by atoms with E-state index in [1.54, 1.807) is 42.5 Å². The van der Waals surface area contributed by atoms with E-state index < -0.39 is 0 Å². The number of aromatic hydroxyl groups is 3. The molecule has 0 spiro atoms. The van der Waals surface area contributed by atoms with Crippen molar-refractivity contribution in [3.63, 3.8) is 0 Å². The summed E-state index contributed by atoms with van der Waals surface area (Å²) in [6, 6.07) is 29.5. The highest BCUT2D eigenvalue weighted by Gasteiger charge is 2.00. The fourth-order valence-electron chi connectivity index (χ4n) is 2.83. The van der Waals surface area contributed by atoms with Crippen molar-refractivity contribution in [3.05, 3.63) is 114 Å². The third-order valence-electron chi connectivity index (χ3n) is 4.35. The SMILES string of the molecule is O=C(Nc1ccccc1)Nc1ccccc1.Oc1ccc(C=Cc2cc(O)cc(O)c2)cc1. The van der Waals surface area contributed by atoms with Crippen LogP contribution in [0.25, 0.3) is 12.2 Å². The van der Waals surface area contributed by atoms with E-state index in [0.717, 1.165) is 16.9 Å². The van der Waals surface area contributed by atoms with Gasteiger partial charge >= 0.3 is 6.03 Å². The van der Waals surface area contributed by atoms with E-state index in [1.165, 1.54) is 6.07 Å². The van der Waals surface area contributed by atoms with Gasteiger partial charge in [-0.25, -0.2) is 4.79 Å². The first kappa shape index (κ1) is 23.0. The van der Waals surface area contributed by atoms with Crippen molar-refractivity contribution in [1.82, 2.24) is 0 Å². The lowest BCUT2D eigenvalue weighted by atomic mass is 10.1. The van der Waals surface area contributed by atoms with Gasteiger partial charge < -0.3 is 26.0 Å². The van der Waals surface area contributed by atoms with Gasteiger partial charge in [0, 0.05) is 17.4 Å². The number of anilines is 2. The summed E-state index contributed by atoms with van der Waals surface area (Å²) in [4.78, 5) is 11.6. The molecule has 0 aliphatic rings. The minimum absolute atomic E-state index is 0.0235. The summed E-state index contributed by atoms with van der Waals surface area (Å²) in [5.41, 5.74) is 3.17. The third kappa shape index (κ3) is 8.15. The van der Waals surface area contributed by atoms with Crippen LogP contribution in [-0.2, 0) is 0 Å². The van der Waals surface area contributed by atoms with E-state index in [-0.39, 0.29) is 23.3 Å². The molecule has 4 aromatic carbocycles. The molecule has 166 valence electrons. The van der Waals surface area contributed by atoms with Crippen molar-refractivity contribution < 1.29 is 20.1 Å². The number of phenolic OH excluding ortho intramolecular Hbond substituents is 3. The fraction of sp³-hybridized carbons (Fsp3) is 0. The van der Waals surface area contributed by atoms with E-state index in [1.807, 2.05) is 66.7 Å². The molecule has 6 heteroatoms. The van der Waals surface area contributed by atoms with Gasteiger partial charge in [0.05, 0.1) is 0 Å². The Hall–Kier alpha value is -4.71. The topological polar surface area (TPSA) is 102 Å². The number of nitrogens with one attached hydrogen (secondary N) is 2. The van der Waals surface area contributed by atoms with Crippen LogP contribution < -0.4 is 10.6 Å². The van der Waals surface area contributed by atoms with Crippen LogP contribution in [-0.4, -0.2) is 21.4 Å². The molecule has 0 aliphatic carbocycles. The Morgan fingerprint density at radius 2 is 1.00 bits per heavy atom. The highest BCUT2D eigenvalue weighted by atomic mass is 16.3. The number of carbonyl (C=O) groups excluding carboxylic acids is 1. The third-order valence-corrected chi connectivity index (χ3v) is 4.35. The van der Waals surface area contributed by atoms with Crippen molar-refractivity contribution in [1.29, 1.82) is 0 Å². The maximum atomic E-state index is 11.6. The number of hydrogen-bond acceptors (Lipinski definition) is 4. The second-order valence-electron chi connectivity index (χ2n) is 7.02. The number of hydrogen-bond donors (Lipinski definition) is 5. The lowest BCUT2D eigenvalue weighted by Gasteiger charge is -2.06. The predicted octanol–water partition coefficient (Wildman–Crippen LogP) is 6.30. The minimum Gasteiger partial charge on any atom is -0.508 e. The van der Waals surface area contributed by atoms with Gasteiger partial charge in [-0.1, -0.05) is 60.7 Å². The summed E-state index contributed by atoms with van der Waals surface area (Å²) in [5.74, 6) is 0.267. The summed E-state index contributed by atoms with van der Waals surface area (Å²) in [5, 5.41) is 33.2. The zero-order valence-electron chi connectivity index (χ0n) is 17.7. The van der Waals surface area contributed by atoms with Crippen LogP contribution in [0.5, 0.6) is 17.2 Å². The first-order valence-corrected chi connectivity index (χ1v) is 10.2. The molecule has 2 amide bonds. The molecule has 0 saturated carbocycles. The number of urea groups is 1. The molecule has 0 radical (unpaired) electrons. The second kappa shape index (κ2) is 11.6. The maximum Gasteiger partial charge on any atom is 0.323 e. The van der Waals surface area contributed by atoms with Crippen molar-refractivity contribution >= 4 is 29.6 Å². The molecule has 0 aliphatic heterocycles. The molecule has 0 unspecified atom stereocenters. The molecule has 0 heterocycles. The van der Waals surface area contributed by atoms with Crippen LogP contribution in [0.15, 0.2) is 103 Å². The average molecular weight is 440 g/mol. The Labute approximate surface area is 192 Å². The summed E-state index contributed by atoms with van der Waals surface area (Å²) >= 11 is 0. The fourth-order valence-corrected chi connectivity index (χ4v) is 2.83. The normalized spacial score (nSPS) is 10.2. The van der Waals surface area contributed by atoms with Gasteiger partial charge in [0.1, 0.15) is 17.2 Å². The van der Waals surface area contributed by atoms with Crippen molar-refractivity contribution in [3.8, 4) is 17.2 Å². The highest BCUT2D eigenvalue weighted by Crippen LogP contribution is 2.22. The minimum atomic E-state index is -0.239. The molecule has 0 bridgehead atoms. The summed E-state index contributed by atoms with van der Waals surface area (Å²) in [6.45, 7) is 0. The van der Waals surface area contributed by atoms with Crippen molar-refractivity contribution in [2.24, 2.45) is 0 Å². The molecule has 4 aromatic rings. The number of carbonyl (C=O) groups is 1. The van der Waals surface area contributed by atoms with Gasteiger partial charge in [0.15, 0.2) is 0 Å². The number of rotatable bonds is 4. The zero-order valence-corrected chi connectivity index (χ0v) is 17.7. The molecule has 5 N–H and O–H groups in total. The van der Waals surface area contributed by atoms with Crippen LogP contribution in [0, 0.1) is 0 Å². The van der Waals surface area contributed by atoms with Gasteiger partial charge in [-0.05, 0) is 59.7 Å². The highest BCUT2D eigenvalue weighted by molar-refractivity contribution is 5.99. The van der Waals surface area contributed by atoms with Gasteiger partial charge in [-0.15, -0.1) is 0 Å². The number of para-hydroxylation sites is 2. The quantitative estimate of drug-likeness (QED) is 0.240. The summed E-state index contributed by atoms with van der Waals surface area (Å²) in [7, 11) is 0. The molecule has 4 rings (SSSR count). The Bertz CT molecular complexity index is 1130. The second-order valence-corrected chi connectivity index (χ2v) is 7.02. The van der Waals surface area contributed by atoms with E-state index in [2.05, 4.69) is 10.6 Å². The Kier molecular flexibility index (Phi) is 8.09.